The molecule has 0 radical (unpaired) electrons. The number of nitrogens with zero attached hydrogens (tertiary/aromatic N) is 1. The van der Waals surface area contributed by atoms with Crippen LogP contribution in [0.5, 0.6) is 0 Å². The molecule has 0 unspecified atom stereocenters. The number of aryl methyl sites for hydroxylation is 2. The van der Waals surface area contributed by atoms with Crippen LogP contribution < -0.4 is 0 Å². The number of aromatic nitrogens is 1. The lowest BCUT2D eigenvalue weighted by Gasteiger charge is -2.12. The van der Waals surface area contributed by atoms with E-state index in [4.69, 9.17) is 0 Å². The van der Waals surface area contributed by atoms with Crippen molar-refractivity contribution >= 4 is 5.78 Å². The summed E-state index contributed by atoms with van der Waals surface area (Å²) in [6, 6.07) is 0. The number of hydrogen-bond acceptors (Lipinski definition) is 2. The molecule has 1 aromatic heterocycles. The van der Waals surface area contributed by atoms with Gasteiger partial charge in [0.1, 0.15) is 0 Å². The van der Waals surface area contributed by atoms with Gasteiger partial charge in [0, 0.05) is 23.4 Å². The van der Waals surface area contributed by atoms with Crippen molar-refractivity contribution in [2.75, 3.05) is 0 Å². The predicted octanol–water partition coefficient (Wildman–Crippen LogP) is 3.30. The van der Waals surface area contributed by atoms with Gasteiger partial charge in [0.25, 0.3) is 0 Å². The van der Waals surface area contributed by atoms with Crippen LogP contribution in [0.15, 0.2) is 0 Å². The van der Waals surface area contributed by atoms with Gasteiger partial charge in [-0.15, -0.1) is 0 Å². The van der Waals surface area contributed by atoms with Crippen molar-refractivity contribution in [3.63, 3.8) is 0 Å². The topological polar surface area (TPSA) is 30.0 Å². The maximum absolute atomic E-state index is 11.9. The predicted molar refractivity (Wildman–Crippen MR) is 62.4 cm³/mol. The fourth-order valence-electron chi connectivity index (χ4n) is 1.88. The molecule has 82 valence electrons. The Morgan fingerprint density at radius 1 is 1.07 bits per heavy atom. The average Bonchev–Trinajstić information content (AvgIpc) is 2.15. The van der Waals surface area contributed by atoms with Crippen LogP contribution in [0.2, 0.25) is 0 Å². The highest BCUT2D eigenvalue weighted by molar-refractivity contribution is 5.98. The summed E-state index contributed by atoms with van der Waals surface area (Å²) in [7, 11) is 0. The van der Waals surface area contributed by atoms with Gasteiger partial charge in [-0.05, 0) is 45.2 Å². The number of ketones is 1. The Balaban J connectivity index is 3.29. The van der Waals surface area contributed by atoms with Crippen LogP contribution in [0.25, 0.3) is 0 Å². The summed E-state index contributed by atoms with van der Waals surface area (Å²) >= 11 is 0. The Labute approximate surface area is 91.7 Å². The Morgan fingerprint density at radius 2 is 1.67 bits per heavy atom. The first-order chi connectivity index (χ1) is 6.99. The minimum Gasteiger partial charge on any atom is -0.294 e. The maximum atomic E-state index is 11.9. The molecule has 0 aliphatic heterocycles. The number of pyridine rings is 1. The molecule has 2 nitrogen and oxygen atoms in total. The van der Waals surface area contributed by atoms with E-state index in [1.807, 2.05) is 34.6 Å². The second-order valence-electron chi connectivity index (χ2n) is 4.08. The van der Waals surface area contributed by atoms with Crippen molar-refractivity contribution in [3.8, 4) is 0 Å². The van der Waals surface area contributed by atoms with Gasteiger partial charge in [0.2, 0.25) is 0 Å². The van der Waals surface area contributed by atoms with Crippen molar-refractivity contribution < 1.29 is 4.79 Å². The van der Waals surface area contributed by atoms with Gasteiger partial charge < -0.3 is 0 Å². The van der Waals surface area contributed by atoms with Gasteiger partial charge in [-0.1, -0.05) is 6.92 Å². The van der Waals surface area contributed by atoms with E-state index in [-0.39, 0.29) is 5.78 Å². The third-order valence-corrected chi connectivity index (χ3v) is 2.93. The first-order valence-corrected chi connectivity index (χ1v) is 5.46. The van der Waals surface area contributed by atoms with Crippen LogP contribution in [-0.4, -0.2) is 10.8 Å². The van der Waals surface area contributed by atoms with Gasteiger partial charge in [0.05, 0.1) is 0 Å². The number of hydrogen-bond donors (Lipinski definition) is 0. The summed E-state index contributed by atoms with van der Waals surface area (Å²) in [5.41, 5.74) is 4.96. The number of rotatable bonds is 3. The van der Waals surface area contributed by atoms with Gasteiger partial charge >= 0.3 is 0 Å². The quantitative estimate of drug-likeness (QED) is 0.709. The third kappa shape index (κ3) is 2.25. The fraction of sp³-hybridized carbons (Fsp3) is 0.538. The second-order valence-corrected chi connectivity index (χ2v) is 4.08. The Morgan fingerprint density at radius 3 is 2.20 bits per heavy atom. The smallest absolute Gasteiger partial charge is 0.164 e. The molecule has 0 aromatic carbocycles. The molecule has 1 heterocycles. The van der Waals surface area contributed by atoms with Crippen molar-refractivity contribution in [1.29, 1.82) is 0 Å². The third-order valence-electron chi connectivity index (χ3n) is 2.93. The van der Waals surface area contributed by atoms with Crippen LogP contribution in [0.3, 0.4) is 0 Å². The van der Waals surface area contributed by atoms with E-state index >= 15 is 0 Å². The number of carbonyl (C=O) groups is 1. The first-order valence-electron chi connectivity index (χ1n) is 5.46. The van der Waals surface area contributed by atoms with E-state index in [0.29, 0.717) is 6.42 Å². The summed E-state index contributed by atoms with van der Waals surface area (Å²) in [5.74, 6) is 0.225. The fourth-order valence-corrected chi connectivity index (χ4v) is 1.88. The molecule has 0 aliphatic carbocycles. The normalized spacial score (nSPS) is 10.5. The average molecular weight is 205 g/mol. The molecule has 0 bridgehead atoms. The molecule has 1 aromatic rings. The van der Waals surface area contributed by atoms with E-state index in [9.17, 15) is 4.79 Å². The molecule has 0 saturated heterocycles. The second kappa shape index (κ2) is 4.56. The first kappa shape index (κ1) is 11.9. The zero-order valence-electron chi connectivity index (χ0n) is 10.3. The molecule has 0 N–H and O–H groups in total. The number of carbonyl (C=O) groups excluding carboxylic acids is 1. The molecule has 0 atom stereocenters. The Kier molecular flexibility index (Phi) is 3.61. The van der Waals surface area contributed by atoms with Crippen LogP contribution in [0.4, 0.5) is 0 Å². The van der Waals surface area contributed by atoms with E-state index in [1.165, 1.54) is 0 Å². The van der Waals surface area contributed by atoms with Gasteiger partial charge in [0.15, 0.2) is 5.78 Å². The molecular formula is C13H19NO. The summed E-state index contributed by atoms with van der Waals surface area (Å²) in [6.45, 7) is 9.97. The molecular weight excluding hydrogens is 186 g/mol. The molecule has 2 heteroatoms. The van der Waals surface area contributed by atoms with E-state index < -0.39 is 0 Å². The molecule has 15 heavy (non-hydrogen) atoms. The van der Waals surface area contributed by atoms with Crippen LogP contribution in [0.1, 0.15) is 52.6 Å². The minimum absolute atomic E-state index is 0.225. The summed E-state index contributed by atoms with van der Waals surface area (Å²) in [5, 5.41) is 0. The number of Topliss-reactive ketones (excluding diaryl/α,β-unsaturated/α-hetero) is 1. The van der Waals surface area contributed by atoms with E-state index in [2.05, 4.69) is 4.98 Å². The zero-order valence-corrected chi connectivity index (χ0v) is 10.3. The highest BCUT2D eigenvalue weighted by atomic mass is 16.1. The molecule has 0 amide bonds. The summed E-state index contributed by atoms with van der Waals surface area (Å²) in [6.07, 6.45) is 1.51. The lowest BCUT2D eigenvalue weighted by molar-refractivity contribution is 0.0980. The Hall–Kier alpha value is -1.18. The van der Waals surface area contributed by atoms with Crippen molar-refractivity contribution in [2.24, 2.45) is 0 Å². The highest BCUT2D eigenvalue weighted by Crippen LogP contribution is 2.20. The minimum atomic E-state index is 0.225. The largest absolute Gasteiger partial charge is 0.294 e. The molecule has 0 saturated carbocycles. The van der Waals surface area contributed by atoms with Crippen LogP contribution >= 0.6 is 0 Å². The molecule has 0 spiro atoms. The molecule has 1 rings (SSSR count). The Bertz CT molecular complexity index is 394. The lowest BCUT2D eigenvalue weighted by atomic mass is 9.96. The van der Waals surface area contributed by atoms with Gasteiger partial charge in [-0.3, -0.25) is 9.78 Å². The van der Waals surface area contributed by atoms with Crippen molar-refractivity contribution in [1.82, 2.24) is 4.98 Å². The molecule has 0 aliphatic rings. The zero-order chi connectivity index (χ0) is 11.6. The van der Waals surface area contributed by atoms with Crippen LogP contribution in [-0.2, 0) is 0 Å². The maximum Gasteiger partial charge on any atom is 0.164 e. The van der Waals surface area contributed by atoms with Crippen molar-refractivity contribution in [2.45, 2.75) is 47.5 Å². The summed E-state index contributed by atoms with van der Waals surface area (Å²) < 4.78 is 0. The monoisotopic (exact) mass is 205 g/mol. The SMILES string of the molecule is CCCC(=O)c1c(C)nc(C)c(C)c1C. The van der Waals surface area contributed by atoms with Gasteiger partial charge in [-0.2, -0.15) is 0 Å². The standard InChI is InChI=1S/C13H19NO/c1-6-7-12(15)13-9(3)8(2)10(4)14-11(13)5/h6-7H2,1-5H3. The van der Waals surface area contributed by atoms with E-state index in [0.717, 1.165) is 34.5 Å². The van der Waals surface area contributed by atoms with Crippen LogP contribution in [0, 0.1) is 27.7 Å². The summed E-state index contributed by atoms with van der Waals surface area (Å²) in [4.78, 5) is 16.3. The van der Waals surface area contributed by atoms with Gasteiger partial charge in [-0.25, -0.2) is 0 Å². The molecule has 0 fully saturated rings. The van der Waals surface area contributed by atoms with E-state index in [1.54, 1.807) is 0 Å². The lowest BCUT2D eigenvalue weighted by Crippen LogP contribution is -2.09. The highest BCUT2D eigenvalue weighted by Gasteiger charge is 2.15. The van der Waals surface area contributed by atoms with Crippen molar-refractivity contribution in [3.05, 3.63) is 28.1 Å².